The molecule has 0 N–H and O–H groups in total. The number of amides is 1. The van der Waals surface area contributed by atoms with Crippen LogP contribution in [0.3, 0.4) is 0 Å². The summed E-state index contributed by atoms with van der Waals surface area (Å²) < 4.78 is 11.3. The highest BCUT2D eigenvalue weighted by molar-refractivity contribution is 5.77. The van der Waals surface area contributed by atoms with Gasteiger partial charge in [-0.25, -0.2) is 0 Å². The highest BCUT2D eigenvalue weighted by Crippen LogP contribution is 2.24. The third kappa shape index (κ3) is 6.40. The van der Waals surface area contributed by atoms with E-state index in [2.05, 4.69) is 25.8 Å². The first-order valence-corrected chi connectivity index (χ1v) is 9.22. The van der Waals surface area contributed by atoms with Crippen molar-refractivity contribution in [1.82, 2.24) is 9.80 Å². The number of nitrogens with zero attached hydrogens (tertiary/aromatic N) is 2. The van der Waals surface area contributed by atoms with Gasteiger partial charge in [-0.3, -0.25) is 4.79 Å². The van der Waals surface area contributed by atoms with E-state index in [1.165, 1.54) is 0 Å². The Morgan fingerprint density at radius 2 is 1.70 bits per heavy atom. The summed E-state index contributed by atoms with van der Waals surface area (Å²) in [7, 11) is 2.15. The Morgan fingerprint density at radius 3 is 2.30 bits per heavy atom. The van der Waals surface area contributed by atoms with Crippen LogP contribution in [-0.2, 0) is 14.3 Å². The molecule has 134 valence electrons. The molecule has 2 fully saturated rings. The average Bonchev–Trinajstić information content (AvgIpc) is 2.56. The zero-order chi connectivity index (χ0) is 16.7. The van der Waals surface area contributed by atoms with Crippen molar-refractivity contribution < 1.29 is 14.3 Å². The van der Waals surface area contributed by atoms with Gasteiger partial charge in [-0.1, -0.05) is 13.8 Å². The van der Waals surface area contributed by atoms with E-state index in [-0.39, 0.29) is 12.5 Å². The van der Waals surface area contributed by atoms with E-state index >= 15 is 0 Å². The smallest absolute Gasteiger partial charge is 0.248 e. The second-order valence-electron chi connectivity index (χ2n) is 7.39. The van der Waals surface area contributed by atoms with Crippen LogP contribution in [0, 0.1) is 11.8 Å². The third-order valence-electron chi connectivity index (χ3n) is 5.31. The normalized spacial score (nSPS) is 22.0. The Hall–Kier alpha value is -0.650. The maximum Gasteiger partial charge on any atom is 0.248 e. The fraction of sp³-hybridized carbons (Fsp3) is 0.944. The monoisotopic (exact) mass is 326 g/mol. The molecule has 5 heteroatoms. The highest BCUT2D eigenvalue weighted by atomic mass is 16.5. The van der Waals surface area contributed by atoms with Gasteiger partial charge in [-0.2, -0.15) is 0 Å². The maximum absolute atomic E-state index is 12.1. The standard InChI is InChI=1S/C18H34N2O3/c1-15(2)16-4-10-20(11-5-16)18(21)14-22-12-13-23-17-6-8-19(3)9-7-17/h15-17H,4-14H2,1-3H3. The molecule has 0 aliphatic carbocycles. The Morgan fingerprint density at radius 1 is 1.04 bits per heavy atom. The number of ether oxygens (including phenoxy) is 2. The van der Waals surface area contributed by atoms with Gasteiger partial charge in [-0.05, 0) is 44.6 Å². The molecular formula is C18H34N2O3. The number of hydrogen-bond donors (Lipinski definition) is 0. The summed E-state index contributed by atoms with van der Waals surface area (Å²) >= 11 is 0. The van der Waals surface area contributed by atoms with Gasteiger partial charge in [0.15, 0.2) is 0 Å². The molecule has 0 saturated carbocycles. The molecule has 5 nitrogen and oxygen atoms in total. The van der Waals surface area contributed by atoms with Crippen LogP contribution in [0.5, 0.6) is 0 Å². The zero-order valence-corrected chi connectivity index (χ0v) is 15.1. The number of piperidine rings is 2. The predicted octanol–water partition coefficient (Wildman–Crippen LogP) is 2.01. The molecule has 23 heavy (non-hydrogen) atoms. The van der Waals surface area contributed by atoms with Crippen molar-refractivity contribution in [1.29, 1.82) is 0 Å². The summed E-state index contributed by atoms with van der Waals surface area (Å²) in [6.07, 6.45) is 4.81. The van der Waals surface area contributed by atoms with Crippen molar-refractivity contribution in [3.8, 4) is 0 Å². The van der Waals surface area contributed by atoms with Gasteiger partial charge in [0.05, 0.1) is 19.3 Å². The SMILES string of the molecule is CC(C)C1CCN(C(=O)COCCOC2CCN(C)CC2)CC1. The lowest BCUT2D eigenvalue weighted by Crippen LogP contribution is -2.41. The van der Waals surface area contributed by atoms with Crippen LogP contribution in [0.1, 0.15) is 39.5 Å². The molecule has 0 radical (unpaired) electrons. The topological polar surface area (TPSA) is 42.0 Å². The van der Waals surface area contributed by atoms with Gasteiger partial charge in [-0.15, -0.1) is 0 Å². The number of rotatable bonds is 7. The molecule has 2 heterocycles. The Kier molecular flexibility index (Phi) is 7.80. The summed E-state index contributed by atoms with van der Waals surface area (Å²) in [6.45, 7) is 9.84. The molecule has 0 spiro atoms. The van der Waals surface area contributed by atoms with Crippen LogP contribution in [0.4, 0.5) is 0 Å². The number of hydrogen-bond acceptors (Lipinski definition) is 4. The zero-order valence-electron chi connectivity index (χ0n) is 15.1. The van der Waals surface area contributed by atoms with E-state index in [1.807, 2.05) is 4.90 Å². The molecule has 1 amide bonds. The Labute approximate surface area is 141 Å². The lowest BCUT2D eigenvalue weighted by atomic mass is 9.87. The van der Waals surface area contributed by atoms with Crippen molar-refractivity contribution in [2.75, 3.05) is 53.0 Å². The lowest BCUT2D eigenvalue weighted by molar-refractivity contribution is -0.138. The third-order valence-corrected chi connectivity index (χ3v) is 5.31. The minimum Gasteiger partial charge on any atom is -0.376 e. The number of carbonyl (C=O) groups is 1. The number of likely N-dealkylation sites (tertiary alicyclic amines) is 2. The fourth-order valence-corrected chi connectivity index (χ4v) is 3.49. The molecule has 0 bridgehead atoms. The molecule has 0 aromatic carbocycles. The molecule has 0 aromatic rings. The van der Waals surface area contributed by atoms with Crippen LogP contribution in [0.15, 0.2) is 0 Å². The summed E-state index contributed by atoms with van der Waals surface area (Å²) in [5.41, 5.74) is 0. The van der Waals surface area contributed by atoms with Crippen molar-refractivity contribution >= 4 is 5.91 Å². The first kappa shape index (κ1) is 18.7. The van der Waals surface area contributed by atoms with Gasteiger partial charge in [0, 0.05) is 26.2 Å². The van der Waals surface area contributed by atoms with E-state index in [4.69, 9.17) is 9.47 Å². The molecule has 2 aliphatic rings. The van der Waals surface area contributed by atoms with Crippen LogP contribution in [0.25, 0.3) is 0 Å². The predicted molar refractivity (Wildman–Crippen MR) is 91.4 cm³/mol. The van der Waals surface area contributed by atoms with Crippen molar-refractivity contribution in [3.05, 3.63) is 0 Å². The fourth-order valence-electron chi connectivity index (χ4n) is 3.49. The second-order valence-corrected chi connectivity index (χ2v) is 7.39. The molecule has 2 saturated heterocycles. The molecule has 0 aromatic heterocycles. The molecule has 2 rings (SSSR count). The first-order valence-electron chi connectivity index (χ1n) is 9.22. The minimum atomic E-state index is 0.131. The van der Waals surface area contributed by atoms with E-state index in [1.54, 1.807) is 0 Å². The molecule has 0 unspecified atom stereocenters. The summed E-state index contributed by atoms with van der Waals surface area (Å²) in [5.74, 6) is 1.62. The average molecular weight is 326 g/mol. The lowest BCUT2D eigenvalue weighted by Gasteiger charge is -2.33. The minimum absolute atomic E-state index is 0.131. The van der Waals surface area contributed by atoms with Crippen LogP contribution >= 0.6 is 0 Å². The van der Waals surface area contributed by atoms with E-state index in [0.29, 0.717) is 19.3 Å². The van der Waals surface area contributed by atoms with Crippen LogP contribution in [0.2, 0.25) is 0 Å². The summed E-state index contributed by atoms with van der Waals surface area (Å²) in [4.78, 5) is 16.4. The second kappa shape index (κ2) is 9.60. The van der Waals surface area contributed by atoms with Gasteiger partial charge >= 0.3 is 0 Å². The summed E-state index contributed by atoms with van der Waals surface area (Å²) in [6, 6.07) is 0. The van der Waals surface area contributed by atoms with Crippen LogP contribution in [-0.4, -0.2) is 74.9 Å². The van der Waals surface area contributed by atoms with E-state index in [0.717, 1.165) is 63.7 Å². The Bertz CT molecular complexity index is 346. The maximum atomic E-state index is 12.1. The van der Waals surface area contributed by atoms with Crippen molar-refractivity contribution in [2.45, 2.75) is 45.6 Å². The first-order chi connectivity index (χ1) is 11.1. The number of carbonyl (C=O) groups excluding carboxylic acids is 1. The van der Waals surface area contributed by atoms with E-state index in [9.17, 15) is 4.79 Å². The van der Waals surface area contributed by atoms with Crippen molar-refractivity contribution in [3.63, 3.8) is 0 Å². The molecule has 0 atom stereocenters. The molecular weight excluding hydrogens is 292 g/mol. The van der Waals surface area contributed by atoms with Crippen LogP contribution < -0.4 is 0 Å². The summed E-state index contributed by atoms with van der Waals surface area (Å²) in [5, 5.41) is 0. The van der Waals surface area contributed by atoms with Gasteiger partial charge < -0.3 is 19.3 Å². The van der Waals surface area contributed by atoms with Gasteiger partial charge in [0.2, 0.25) is 5.91 Å². The quantitative estimate of drug-likeness (QED) is 0.671. The Balaban J connectivity index is 1.50. The molecule has 2 aliphatic heterocycles. The van der Waals surface area contributed by atoms with Gasteiger partial charge in [0.1, 0.15) is 6.61 Å². The van der Waals surface area contributed by atoms with Gasteiger partial charge in [0.25, 0.3) is 0 Å². The van der Waals surface area contributed by atoms with E-state index < -0.39 is 0 Å². The highest BCUT2D eigenvalue weighted by Gasteiger charge is 2.24. The van der Waals surface area contributed by atoms with Crippen molar-refractivity contribution in [2.24, 2.45) is 11.8 Å². The largest absolute Gasteiger partial charge is 0.376 e.